The van der Waals surface area contributed by atoms with Crippen molar-refractivity contribution in [1.29, 1.82) is 0 Å². The van der Waals surface area contributed by atoms with E-state index < -0.39 is 5.54 Å². The fourth-order valence-corrected chi connectivity index (χ4v) is 2.68. The van der Waals surface area contributed by atoms with Gasteiger partial charge in [0, 0.05) is 7.05 Å². The van der Waals surface area contributed by atoms with Gasteiger partial charge in [0.1, 0.15) is 5.54 Å². The molecule has 1 N–H and O–H groups in total. The molecule has 2 rings (SSSR count). The lowest BCUT2D eigenvalue weighted by atomic mass is 9.98. The molecule has 0 bridgehead atoms. The maximum Gasteiger partial charge on any atom is 0.245 e. The van der Waals surface area contributed by atoms with Gasteiger partial charge in [-0.25, -0.2) is 0 Å². The summed E-state index contributed by atoms with van der Waals surface area (Å²) in [5.41, 5.74) is 0.658. The van der Waals surface area contributed by atoms with Gasteiger partial charge >= 0.3 is 0 Å². The number of hydrogen-bond donors (Lipinski definition) is 1. The molecule has 0 aliphatic carbocycles. The van der Waals surface area contributed by atoms with Gasteiger partial charge in [-0.1, -0.05) is 18.5 Å². The SMILES string of the molecule is CCc1nn(C)c(CN2C(=O)CNC(=O)C2(C)C)c1Cl. The van der Waals surface area contributed by atoms with Crippen molar-refractivity contribution in [3.8, 4) is 0 Å². The van der Waals surface area contributed by atoms with Crippen molar-refractivity contribution in [3.05, 3.63) is 16.4 Å². The van der Waals surface area contributed by atoms with Crippen molar-refractivity contribution in [2.45, 2.75) is 39.3 Å². The number of halogens is 1. The van der Waals surface area contributed by atoms with Crippen LogP contribution >= 0.6 is 11.6 Å². The molecule has 1 aliphatic rings. The monoisotopic (exact) mass is 298 g/mol. The molecule has 6 nitrogen and oxygen atoms in total. The summed E-state index contributed by atoms with van der Waals surface area (Å²) in [6.07, 6.45) is 0.727. The molecule has 7 heteroatoms. The van der Waals surface area contributed by atoms with Crippen LogP contribution in [0.15, 0.2) is 0 Å². The molecule has 110 valence electrons. The summed E-state index contributed by atoms with van der Waals surface area (Å²) in [6.45, 7) is 5.73. The molecule has 0 aromatic carbocycles. The van der Waals surface area contributed by atoms with Crippen LogP contribution in [0.5, 0.6) is 0 Å². The number of aromatic nitrogens is 2. The Labute approximate surface area is 123 Å². The molecule has 20 heavy (non-hydrogen) atoms. The van der Waals surface area contributed by atoms with E-state index in [0.717, 1.165) is 17.8 Å². The van der Waals surface area contributed by atoms with E-state index in [1.165, 1.54) is 0 Å². The lowest BCUT2D eigenvalue weighted by molar-refractivity contribution is -0.152. The van der Waals surface area contributed by atoms with E-state index in [1.807, 2.05) is 6.92 Å². The first-order valence-electron chi connectivity index (χ1n) is 6.58. The fourth-order valence-electron chi connectivity index (χ4n) is 2.33. The average Bonchev–Trinajstić information content (AvgIpc) is 2.66. The summed E-state index contributed by atoms with van der Waals surface area (Å²) >= 11 is 6.30. The standard InChI is InChI=1S/C13H19ClN4O2/c1-5-8-11(14)9(17(4)16-8)7-18-10(19)6-15-12(20)13(18,2)3/h5-7H2,1-4H3,(H,15,20). The van der Waals surface area contributed by atoms with Crippen LogP contribution in [0.3, 0.4) is 0 Å². The molecular formula is C13H19ClN4O2. The van der Waals surface area contributed by atoms with E-state index in [9.17, 15) is 9.59 Å². The van der Waals surface area contributed by atoms with Crippen molar-refractivity contribution in [2.75, 3.05) is 6.54 Å². The number of nitrogens with zero attached hydrogens (tertiary/aromatic N) is 3. The normalized spacial score (nSPS) is 18.4. The third-order valence-corrected chi connectivity index (χ3v) is 4.18. The molecule has 2 amide bonds. The largest absolute Gasteiger partial charge is 0.345 e. The van der Waals surface area contributed by atoms with E-state index in [2.05, 4.69) is 10.4 Å². The van der Waals surface area contributed by atoms with Crippen LogP contribution in [0.2, 0.25) is 5.02 Å². The number of carbonyl (C=O) groups excluding carboxylic acids is 2. The van der Waals surface area contributed by atoms with Gasteiger partial charge in [0.15, 0.2) is 0 Å². The number of aryl methyl sites for hydroxylation is 2. The zero-order valence-corrected chi connectivity index (χ0v) is 12.9. The third-order valence-electron chi connectivity index (χ3n) is 3.74. The number of carbonyl (C=O) groups is 2. The van der Waals surface area contributed by atoms with Gasteiger partial charge in [0.2, 0.25) is 11.8 Å². The molecule has 1 aromatic rings. The number of rotatable bonds is 3. The topological polar surface area (TPSA) is 67.2 Å². The Hall–Kier alpha value is -1.56. The summed E-state index contributed by atoms with van der Waals surface area (Å²) < 4.78 is 1.68. The van der Waals surface area contributed by atoms with E-state index in [4.69, 9.17) is 11.6 Å². The molecule has 1 aromatic heterocycles. The van der Waals surface area contributed by atoms with Crippen LogP contribution in [0, 0.1) is 0 Å². The van der Waals surface area contributed by atoms with E-state index in [1.54, 1.807) is 30.5 Å². The van der Waals surface area contributed by atoms with Gasteiger partial charge in [-0.05, 0) is 20.3 Å². The van der Waals surface area contributed by atoms with Crippen LogP contribution in [0.4, 0.5) is 0 Å². The van der Waals surface area contributed by atoms with Crippen LogP contribution in [-0.2, 0) is 29.6 Å². The van der Waals surface area contributed by atoms with Crippen molar-refractivity contribution >= 4 is 23.4 Å². The highest BCUT2D eigenvalue weighted by atomic mass is 35.5. The second-order valence-electron chi connectivity index (χ2n) is 5.41. The number of amides is 2. The summed E-state index contributed by atoms with van der Waals surface area (Å²) in [5.74, 6) is -0.281. The quantitative estimate of drug-likeness (QED) is 0.900. The Morgan fingerprint density at radius 2 is 2.05 bits per heavy atom. The van der Waals surface area contributed by atoms with Crippen molar-refractivity contribution in [3.63, 3.8) is 0 Å². The molecule has 0 atom stereocenters. The Morgan fingerprint density at radius 1 is 1.40 bits per heavy atom. The van der Waals surface area contributed by atoms with Gasteiger partial charge < -0.3 is 10.2 Å². The molecule has 0 radical (unpaired) electrons. The first kappa shape index (κ1) is 14.8. The van der Waals surface area contributed by atoms with Gasteiger partial charge in [-0.3, -0.25) is 14.3 Å². The molecule has 2 heterocycles. The van der Waals surface area contributed by atoms with Gasteiger partial charge in [-0.15, -0.1) is 0 Å². The minimum Gasteiger partial charge on any atom is -0.345 e. The summed E-state index contributed by atoms with van der Waals surface area (Å²) in [5, 5.41) is 7.50. The minimum absolute atomic E-state index is 0.0262. The predicted molar refractivity (Wildman–Crippen MR) is 75.2 cm³/mol. The molecule has 0 unspecified atom stereocenters. The Balaban J connectivity index is 2.35. The maximum absolute atomic E-state index is 12.1. The van der Waals surface area contributed by atoms with Crippen LogP contribution in [0.25, 0.3) is 0 Å². The second-order valence-corrected chi connectivity index (χ2v) is 5.78. The van der Waals surface area contributed by atoms with Gasteiger partial charge in [-0.2, -0.15) is 5.10 Å². The third kappa shape index (κ3) is 2.28. The first-order chi connectivity index (χ1) is 9.28. The van der Waals surface area contributed by atoms with Crippen molar-refractivity contribution in [1.82, 2.24) is 20.0 Å². The second kappa shape index (κ2) is 5.09. The summed E-state index contributed by atoms with van der Waals surface area (Å²) in [6, 6.07) is 0. The number of hydrogen-bond acceptors (Lipinski definition) is 3. The Bertz CT molecular complexity index is 565. The Kier molecular flexibility index (Phi) is 3.77. The fraction of sp³-hybridized carbons (Fsp3) is 0.615. The van der Waals surface area contributed by atoms with E-state index in [0.29, 0.717) is 5.02 Å². The Morgan fingerprint density at radius 3 is 2.60 bits per heavy atom. The maximum atomic E-state index is 12.1. The molecular weight excluding hydrogens is 280 g/mol. The van der Waals surface area contributed by atoms with Crippen LogP contribution in [0.1, 0.15) is 32.2 Å². The highest BCUT2D eigenvalue weighted by Gasteiger charge is 2.42. The highest BCUT2D eigenvalue weighted by Crippen LogP contribution is 2.26. The molecule has 0 saturated carbocycles. The minimum atomic E-state index is -0.894. The smallest absolute Gasteiger partial charge is 0.245 e. The zero-order chi connectivity index (χ0) is 15.1. The van der Waals surface area contributed by atoms with E-state index >= 15 is 0 Å². The van der Waals surface area contributed by atoms with Gasteiger partial charge in [0.25, 0.3) is 0 Å². The van der Waals surface area contributed by atoms with E-state index in [-0.39, 0.29) is 24.9 Å². The highest BCUT2D eigenvalue weighted by molar-refractivity contribution is 6.31. The first-order valence-corrected chi connectivity index (χ1v) is 6.95. The van der Waals surface area contributed by atoms with Crippen molar-refractivity contribution in [2.24, 2.45) is 7.05 Å². The summed E-state index contributed by atoms with van der Waals surface area (Å²) in [4.78, 5) is 25.6. The van der Waals surface area contributed by atoms with Crippen LogP contribution < -0.4 is 5.32 Å². The van der Waals surface area contributed by atoms with Crippen LogP contribution in [-0.4, -0.2) is 38.6 Å². The molecule has 1 fully saturated rings. The predicted octanol–water partition coefficient (Wildman–Crippen LogP) is 0.873. The van der Waals surface area contributed by atoms with Gasteiger partial charge in [0.05, 0.1) is 29.5 Å². The number of nitrogens with one attached hydrogen (secondary N) is 1. The molecule has 0 spiro atoms. The van der Waals surface area contributed by atoms with Crippen molar-refractivity contribution < 1.29 is 9.59 Å². The zero-order valence-electron chi connectivity index (χ0n) is 12.2. The molecule has 1 aliphatic heterocycles. The number of piperazine rings is 1. The lowest BCUT2D eigenvalue weighted by Crippen LogP contribution is -2.64. The summed E-state index contributed by atoms with van der Waals surface area (Å²) in [7, 11) is 1.79. The average molecular weight is 299 g/mol. The molecule has 1 saturated heterocycles. The lowest BCUT2D eigenvalue weighted by Gasteiger charge is -2.41.